The standard InChI is InChI=1S/C29H31ClF3N5O3/c1-3-22(39)35-10-11-37-19(13-35)15-41-26-23(28(37)40)27(34-25(24(26)30)20-6-4-5-7-21(20)31)38-14-18(12-17(38)2)36-9-8-29(32,33)16-36/h3-7,17-19H,1,8-16H2,2H3/t17-,18?,19+/m0/s1. The molecule has 4 aliphatic rings. The largest absolute Gasteiger partial charge is 0.489 e. The lowest BCUT2D eigenvalue weighted by atomic mass is 10.1. The van der Waals surface area contributed by atoms with Gasteiger partial charge in [0, 0.05) is 56.8 Å². The monoisotopic (exact) mass is 589 g/mol. The van der Waals surface area contributed by atoms with Gasteiger partial charge in [0.15, 0.2) is 5.75 Å². The number of piperazine rings is 1. The number of carbonyl (C=O) groups is 2. The maximum absolute atomic E-state index is 15.0. The quantitative estimate of drug-likeness (QED) is 0.501. The highest BCUT2D eigenvalue weighted by Gasteiger charge is 2.46. The van der Waals surface area contributed by atoms with Crippen LogP contribution in [0.4, 0.5) is 19.0 Å². The lowest BCUT2D eigenvalue weighted by Crippen LogP contribution is -2.57. The first-order chi connectivity index (χ1) is 19.6. The van der Waals surface area contributed by atoms with Gasteiger partial charge in [0.05, 0.1) is 18.3 Å². The highest BCUT2D eigenvalue weighted by Crippen LogP contribution is 2.45. The maximum Gasteiger partial charge on any atom is 0.261 e. The third-order valence-electron chi connectivity index (χ3n) is 8.61. The predicted octanol–water partition coefficient (Wildman–Crippen LogP) is 4.08. The van der Waals surface area contributed by atoms with Gasteiger partial charge in [-0.05, 0) is 31.6 Å². The Morgan fingerprint density at radius 2 is 1.95 bits per heavy atom. The number of nitrogens with zero attached hydrogens (tertiary/aromatic N) is 5. The molecule has 3 saturated heterocycles. The number of pyridine rings is 1. The molecule has 0 spiro atoms. The summed E-state index contributed by atoms with van der Waals surface area (Å²) in [6, 6.07) is 5.34. The number of likely N-dealkylation sites (tertiary alicyclic amines) is 1. The van der Waals surface area contributed by atoms with E-state index < -0.39 is 17.8 Å². The molecule has 1 unspecified atom stereocenters. The van der Waals surface area contributed by atoms with E-state index >= 15 is 4.39 Å². The van der Waals surface area contributed by atoms with Gasteiger partial charge in [0.1, 0.15) is 28.8 Å². The average Bonchev–Trinajstić information content (AvgIpc) is 3.48. The molecule has 0 N–H and O–H groups in total. The molecule has 1 aromatic carbocycles. The normalized spacial score (nSPS) is 25.9. The van der Waals surface area contributed by atoms with Crippen molar-refractivity contribution in [1.82, 2.24) is 19.7 Å². The highest BCUT2D eigenvalue weighted by molar-refractivity contribution is 6.35. The van der Waals surface area contributed by atoms with Crippen LogP contribution in [0, 0.1) is 5.82 Å². The topological polar surface area (TPSA) is 69.2 Å². The molecule has 8 nitrogen and oxygen atoms in total. The molecule has 4 aliphatic heterocycles. The first-order valence-corrected chi connectivity index (χ1v) is 14.2. The summed E-state index contributed by atoms with van der Waals surface area (Å²) in [5, 5.41) is 0.0173. The van der Waals surface area contributed by atoms with Gasteiger partial charge in [-0.1, -0.05) is 30.3 Å². The molecule has 41 heavy (non-hydrogen) atoms. The van der Waals surface area contributed by atoms with Crippen molar-refractivity contribution in [2.24, 2.45) is 0 Å². The van der Waals surface area contributed by atoms with Crippen LogP contribution in [0.15, 0.2) is 36.9 Å². The number of fused-ring (bicyclic) bond motifs is 2. The zero-order chi connectivity index (χ0) is 29.1. The van der Waals surface area contributed by atoms with E-state index in [0.717, 1.165) is 0 Å². The zero-order valence-electron chi connectivity index (χ0n) is 22.7. The van der Waals surface area contributed by atoms with Crippen molar-refractivity contribution in [2.45, 2.75) is 43.8 Å². The molecule has 3 atom stereocenters. The van der Waals surface area contributed by atoms with Crippen LogP contribution >= 0.6 is 11.6 Å². The van der Waals surface area contributed by atoms with Crippen LogP contribution in [0.1, 0.15) is 30.1 Å². The van der Waals surface area contributed by atoms with Crippen molar-refractivity contribution in [3.63, 3.8) is 0 Å². The van der Waals surface area contributed by atoms with Gasteiger partial charge in [-0.15, -0.1) is 0 Å². The summed E-state index contributed by atoms with van der Waals surface area (Å²) in [4.78, 5) is 38.3. The lowest BCUT2D eigenvalue weighted by molar-refractivity contribution is -0.128. The van der Waals surface area contributed by atoms with E-state index in [9.17, 15) is 18.4 Å². The van der Waals surface area contributed by atoms with Crippen LogP contribution in [0.5, 0.6) is 5.75 Å². The number of amides is 2. The summed E-state index contributed by atoms with van der Waals surface area (Å²) in [7, 11) is 0. The fourth-order valence-corrected chi connectivity index (χ4v) is 6.74. The van der Waals surface area contributed by atoms with Gasteiger partial charge in [-0.3, -0.25) is 14.5 Å². The number of rotatable bonds is 4. The van der Waals surface area contributed by atoms with Gasteiger partial charge in [0.25, 0.3) is 11.8 Å². The number of halogens is 4. The molecule has 6 rings (SSSR count). The van der Waals surface area contributed by atoms with Crippen molar-refractivity contribution in [2.75, 3.05) is 50.8 Å². The number of hydrogen-bond acceptors (Lipinski definition) is 6. The number of ether oxygens (including phenoxy) is 1. The van der Waals surface area contributed by atoms with Crippen LogP contribution in [0.2, 0.25) is 5.02 Å². The van der Waals surface area contributed by atoms with Crippen molar-refractivity contribution in [1.29, 1.82) is 0 Å². The minimum Gasteiger partial charge on any atom is -0.489 e. The molecule has 5 heterocycles. The Morgan fingerprint density at radius 3 is 2.66 bits per heavy atom. The highest BCUT2D eigenvalue weighted by atomic mass is 35.5. The second-order valence-corrected chi connectivity index (χ2v) is 11.6. The third kappa shape index (κ3) is 4.92. The third-order valence-corrected chi connectivity index (χ3v) is 8.96. The minimum atomic E-state index is -2.72. The Balaban J connectivity index is 1.43. The molecule has 1 aromatic heterocycles. The predicted molar refractivity (Wildman–Crippen MR) is 148 cm³/mol. The number of aromatic nitrogens is 1. The number of carbonyl (C=O) groups excluding carboxylic acids is 2. The first kappa shape index (κ1) is 27.8. The Morgan fingerprint density at radius 1 is 1.17 bits per heavy atom. The Bertz CT molecular complexity index is 1410. The summed E-state index contributed by atoms with van der Waals surface area (Å²) < 4.78 is 49.3. The lowest BCUT2D eigenvalue weighted by Gasteiger charge is -2.39. The number of benzene rings is 1. The smallest absolute Gasteiger partial charge is 0.261 e. The van der Waals surface area contributed by atoms with Crippen molar-refractivity contribution in [3.8, 4) is 17.0 Å². The van der Waals surface area contributed by atoms with E-state index in [1.54, 1.807) is 32.9 Å². The molecular formula is C29H31ClF3N5O3. The summed E-state index contributed by atoms with van der Waals surface area (Å²) in [5.41, 5.74) is 0.461. The molecule has 3 fully saturated rings. The Hall–Kier alpha value is -3.31. The van der Waals surface area contributed by atoms with Crippen LogP contribution in [0.25, 0.3) is 11.3 Å². The fraction of sp³-hybridized carbons (Fsp3) is 0.483. The number of hydrogen-bond donors (Lipinski definition) is 0. The van der Waals surface area contributed by atoms with Gasteiger partial charge in [-0.2, -0.15) is 0 Å². The minimum absolute atomic E-state index is 0.0173. The van der Waals surface area contributed by atoms with E-state index in [1.165, 1.54) is 12.1 Å². The first-order valence-electron chi connectivity index (χ1n) is 13.8. The number of alkyl halides is 2. The maximum atomic E-state index is 15.0. The van der Waals surface area contributed by atoms with Gasteiger partial charge in [0.2, 0.25) is 5.91 Å². The number of anilines is 1. The molecule has 0 bridgehead atoms. The van der Waals surface area contributed by atoms with Crippen LogP contribution in [-0.2, 0) is 4.79 Å². The molecular weight excluding hydrogens is 559 g/mol. The van der Waals surface area contributed by atoms with E-state index in [2.05, 4.69) is 6.58 Å². The second-order valence-electron chi connectivity index (χ2n) is 11.2. The second kappa shape index (κ2) is 10.5. The molecule has 218 valence electrons. The van der Waals surface area contributed by atoms with Crippen molar-refractivity contribution < 1.29 is 27.5 Å². The van der Waals surface area contributed by atoms with E-state index in [0.29, 0.717) is 31.9 Å². The summed E-state index contributed by atoms with van der Waals surface area (Å²) >= 11 is 6.84. The van der Waals surface area contributed by atoms with Gasteiger partial charge in [-0.25, -0.2) is 18.2 Å². The average molecular weight is 590 g/mol. The van der Waals surface area contributed by atoms with Crippen LogP contribution < -0.4 is 9.64 Å². The van der Waals surface area contributed by atoms with Crippen LogP contribution in [0.3, 0.4) is 0 Å². The van der Waals surface area contributed by atoms with E-state index in [1.807, 2.05) is 11.8 Å². The molecule has 12 heteroatoms. The van der Waals surface area contributed by atoms with E-state index in [-0.39, 0.29) is 84.2 Å². The molecule has 0 radical (unpaired) electrons. The van der Waals surface area contributed by atoms with Gasteiger partial charge < -0.3 is 19.4 Å². The SMILES string of the molecule is C=CC(=O)N1CCN2C(=O)c3c(N4CC(N5CCC(F)(F)C5)C[C@@H]4C)nc(-c4ccccc4F)c(Cl)c3OC[C@H]2C1. The molecule has 2 amide bonds. The van der Waals surface area contributed by atoms with Crippen molar-refractivity contribution >= 4 is 29.2 Å². The Kier molecular flexibility index (Phi) is 7.14. The molecule has 2 aromatic rings. The summed E-state index contributed by atoms with van der Waals surface area (Å²) in [5.74, 6) is -3.43. The van der Waals surface area contributed by atoms with Crippen LogP contribution in [-0.4, -0.2) is 101 Å². The Labute approximate surface area is 241 Å². The fourth-order valence-electron chi connectivity index (χ4n) is 6.45. The van der Waals surface area contributed by atoms with Gasteiger partial charge >= 0.3 is 0 Å². The van der Waals surface area contributed by atoms with E-state index in [4.69, 9.17) is 21.3 Å². The zero-order valence-corrected chi connectivity index (χ0v) is 23.4. The molecule has 0 saturated carbocycles. The molecule has 0 aliphatic carbocycles. The summed E-state index contributed by atoms with van der Waals surface area (Å²) in [6.07, 6.45) is 1.66. The summed E-state index contributed by atoms with van der Waals surface area (Å²) in [6.45, 7) is 6.82. The van der Waals surface area contributed by atoms with Crippen molar-refractivity contribution in [3.05, 3.63) is 53.3 Å².